The third-order valence-electron chi connectivity index (χ3n) is 3.04. The molecule has 2 rings (SSSR count). The Bertz CT molecular complexity index is 714. The number of benzene rings is 1. The maximum atomic E-state index is 13.7. The standard InChI is InChI=1S/C13H17FN4O2S/c1-9-6-11(7-10(8-15)13(9)14)21(19,20)18-3-2-12-16-4-5-17-12/h4-7,18H,2-3,8,15H2,1H3,(H,16,17). The van der Waals surface area contributed by atoms with Crippen LogP contribution in [0.4, 0.5) is 4.39 Å². The minimum absolute atomic E-state index is 0.0151. The van der Waals surface area contributed by atoms with E-state index in [9.17, 15) is 12.8 Å². The van der Waals surface area contributed by atoms with Crippen LogP contribution >= 0.6 is 0 Å². The molecule has 2 aromatic rings. The molecule has 0 aliphatic carbocycles. The Morgan fingerprint density at radius 1 is 1.43 bits per heavy atom. The second-order valence-electron chi connectivity index (χ2n) is 4.60. The molecule has 0 saturated heterocycles. The highest BCUT2D eigenvalue weighted by Crippen LogP contribution is 2.18. The predicted octanol–water partition coefficient (Wildman–Crippen LogP) is 0.837. The summed E-state index contributed by atoms with van der Waals surface area (Å²) < 4.78 is 40.5. The van der Waals surface area contributed by atoms with Crippen molar-refractivity contribution in [1.29, 1.82) is 0 Å². The molecule has 0 aliphatic heterocycles. The number of nitrogens with one attached hydrogen (secondary N) is 2. The number of aryl methyl sites for hydroxylation is 1. The average Bonchev–Trinajstić information content (AvgIpc) is 2.94. The average molecular weight is 312 g/mol. The molecule has 0 aliphatic rings. The van der Waals surface area contributed by atoms with Crippen LogP contribution in [-0.2, 0) is 23.0 Å². The first-order valence-corrected chi connectivity index (χ1v) is 7.89. The second-order valence-corrected chi connectivity index (χ2v) is 6.37. The van der Waals surface area contributed by atoms with Crippen molar-refractivity contribution in [2.45, 2.75) is 24.8 Å². The number of hydrogen-bond acceptors (Lipinski definition) is 4. The largest absolute Gasteiger partial charge is 0.349 e. The number of hydrogen-bond donors (Lipinski definition) is 3. The van der Waals surface area contributed by atoms with Crippen LogP contribution in [0.2, 0.25) is 0 Å². The topological polar surface area (TPSA) is 101 Å². The summed E-state index contributed by atoms with van der Waals surface area (Å²) in [7, 11) is -3.70. The molecule has 0 bridgehead atoms. The molecule has 0 radical (unpaired) electrons. The van der Waals surface area contributed by atoms with Crippen LogP contribution in [0.1, 0.15) is 17.0 Å². The number of aromatic amines is 1. The van der Waals surface area contributed by atoms with Crippen LogP contribution in [0, 0.1) is 12.7 Å². The van der Waals surface area contributed by atoms with E-state index in [1.807, 2.05) is 0 Å². The van der Waals surface area contributed by atoms with E-state index in [4.69, 9.17) is 5.73 Å². The number of nitrogens with zero attached hydrogens (tertiary/aromatic N) is 1. The van der Waals surface area contributed by atoms with Gasteiger partial charge in [0.25, 0.3) is 0 Å². The number of aromatic nitrogens is 2. The highest BCUT2D eigenvalue weighted by Gasteiger charge is 2.17. The number of halogens is 1. The summed E-state index contributed by atoms with van der Waals surface area (Å²) in [6, 6.07) is 2.56. The van der Waals surface area contributed by atoms with Gasteiger partial charge < -0.3 is 10.7 Å². The number of sulfonamides is 1. The van der Waals surface area contributed by atoms with E-state index in [-0.39, 0.29) is 29.1 Å². The van der Waals surface area contributed by atoms with Crippen LogP contribution in [0.25, 0.3) is 0 Å². The molecule has 0 amide bonds. The van der Waals surface area contributed by atoms with Crippen molar-refractivity contribution in [3.63, 3.8) is 0 Å². The van der Waals surface area contributed by atoms with Crippen molar-refractivity contribution < 1.29 is 12.8 Å². The Kier molecular flexibility index (Phi) is 4.71. The maximum absolute atomic E-state index is 13.7. The summed E-state index contributed by atoms with van der Waals surface area (Å²) >= 11 is 0. The zero-order valence-corrected chi connectivity index (χ0v) is 12.4. The van der Waals surface area contributed by atoms with E-state index >= 15 is 0 Å². The molecule has 114 valence electrons. The van der Waals surface area contributed by atoms with Crippen LogP contribution in [0.5, 0.6) is 0 Å². The van der Waals surface area contributed by atoms with Gasteiger partial charge in [0.15, 0.2) is 0 Å². The molecule has 1 aromatic carbocycles. The van der Waals surface area contributed by atoms with Crippen molar-refractivity contribution in [1.82, 2.24) is 14.7 Å². The summed E-state index contributed by atoms with van der Waals surface area (Å²) in [6.45, 7) is 1.66. The summed E-state index contributed by atoms with van der Waals surface area (Å²) in [5.74, 6) is 0.225. The van der Waals surface area contributed by atoms with Crippen LogP contribution in [0.15, 0.2) is 29.4 Å². The van der Waals surface area contributed by atoms with E-state index in [1.165, 1.54) is 19.1 Å². The number of nitrogens with two attached hydrogens (primary N) is 1. The Balaban J connectivity index is 2.13. The van der Waals surface area contributed by atoms with Gasteiger partial charge in [0.1, 0.15) is 11.6 Å². The lowest BCUT2D eigenvalue weighted by Gasteiger charge is -2.10. The summed E-state index contributed by atoms with van der Waals surface area (Å²) in [5, 5.41) is 0. The fraction of sp³-hybridized carbons (Fsp3) is 0.308. The molecule has 6 nitrogen and oxygen atoms in total. The fourth-order valence-corrected chi connectivity index (χ4v) is 3.10. The molecule has 0 atom stereocenters. The predicted molar refractivity (Wildman–Crippen MR) is 76.5 cm³/mol. The SMILES string of the molecule is Cc1cc(S(=O)(=O)NCCc2ncc[nH]2)cc(CN)c1F. The molecule has 0 spiro atoms. The van der Waals surface area contributed by atoms with Crippen LogP contribution in [-0.4, -0.2) is 24.9 Å². The van der Waals surface area contributed by atoms with Gasteiger partial charge in [0.2, 0.25) is 10.0 Å². The molecule has 1 aromatic heterocycles. The highest BCUT2D eigenvalue weighted by molar-refractivity contribution is 7.89. The fourth-order valence-electron chi connectivity index (χ4n) is 1.93. The Morgan fingerprint density at radius 2 is 2.19 bits per heavy atom. The van der Waals surface area contributed by atoms with E-state index < -0.39 is 15.8 Å². The molecule has 8 heteroatoms. The lowest BCUT2D eigenvalue weighted by molar-refractivity contribution is 0.577. The van der Waals surface area contributed by atoms with E-state index in [0.717, 1.165) is 0 Å². The molecule has 4 N–H and O–H groups in total. The Morgan fingerprint density at radius 3 is 2.81 bits per heavy atom. The first-order chi connectivity index (χ1) is 9.94. The van der Waals surface area contributed by atoms with Crippen LogP contribution in [0.3, 0.4) is 0 Å². The van der Waals surface area contributed by atoms with Crippen LogP contribution < -0.4 is 10.5 Å². The van der Waals surface area contributed by atoms with Gasteiger partial charge in [-0.2, -0.15) is 0 Å². The number of H-pyrrole nitrogens is 1. The summed E-state index contributed by atoms with van der Waals surface area (Å²) in [4.78, 5) is 6.91. The van der Waals surface area contributed by atoms with Gasteiger partial charge >= 0.3 is 0 Å². The van der Waals surface area contributed by atoms with Gasteiger partial charge in [-0.3, -0.25) is 0 Å². The third kappa shape index (κ3) is 3.66. The number of imidazole rings is 1. The molecule has 21 heavy (non-hydrogen) atoms. The summed E-state index contributed by atoms with van der Waals surface area (Å²) in [6.07, 6.45) is 3.71. The zero-order valence-electron chi connectivity index (χ0n) is 11.6. The highest BCUT2D eigenvalue weighted by atomic mass is 32.2. The lowest BCUT2D eigenvalue weighted by atomic mass is 10.1. The minimum Gasteiger partial charge on any atom is -0.349 e. The van der Waals surface area contributed by atoms with Gasteiger partial charge in [-0.05, 0) is 24.6 Å². The summed E-state index contributed by atoms with van der Waals surface area (Å²) in [5.41, 5.74) is 5.86. The van der Waals surface area contributed by atoms with E-state index in [0.29, 0.717) is 12.2 Å². The van der Waals surface area contributed by atoms with Gasteiger partial charge in [-0.15, -0.1) is 0 Å². The van der Waals surface area contributed by atoms with Crippen molar-refractivity contribution in [2.75, 3.05) is 6.54 Å². The molecular formula is C13H17FN4O2S. The van der Waals surface area contributed by atoms with E-state index in [2.05, 4.69) is 14.7 Å². The van der Waals surface area contributed by atoms with Gasteiger partial charge in [0.05, 0.1) is 4.90 Å². The smallest absolute Gasteiger partial charge is 0.240 e. The normalized spacial score (nSPS) is 11.8. The molecule has 0 unspecified atom stereocenters. The second kappa shape index (κ2) is 6.33. The zero-order chi connectivity index (χ0) is 15.5. The minimum atomic E-state index is -3.70. The number of rotatable bonds is 6. The molecule has 0 saturated carbocycles. The molecular weight excluding hydrogens is 295 g/mol. The molecule has 0 fully saturated rings. The Labute approximate surface area is 122 Å². The van der Waals surface area contributed by atoms with Crippen molar-refractivity contribution in [3.05, 3.63) is 47.3 Å². The van der Waals surface area contributed by atoms with Gasteiger partial charge in [-0.1, -0.05) is 0 Å². The van der Waals surface area contributed by atoms with Gasteiger partial charge in [0, 0.05) is 37.5 Å². The van der Waals surface area contributed by atoms with Crippen molar-refractivity contribution in [2.24, 2.45) is 5.73 Å². The first kappa shape index (κ1) is 15.6. The van der Waals surface area contributed by atoms with Crippen molar-refractivity contribution >= 4 is 10.0 Å². The quantitative estimate of drug-likeness (QED) is 0.735. The van der Waals surface area contributed by atoms with Gasteiger partial charge in [-0.25, -0.2) is 22.5 Å². The maximum Gasteiger partial charge on any atom is 0.240 e. The lowest BCUT2D eigenvalue weighted by Crippen LogP contribution is -2.26. The van der Waals surface area contributed by atoms with Crippen molar-refractivity contribution in [3.8, 4) is 0 Å². The Hall–Kier alpha value is -1.77. The monoisotopic (exact) mass is 312 g/mol. The molecule has 1 heterocycles. The third-order valence-corrected chi connectivity index (χ3v) is 4.48. The first-order valence-electron chi connectivity index (χ1n) is 6.41. The van der Waals surface area contributed by atoms with E-state index in [1.54, 1.807) is 12.4 Å².